The van der Waals surface area contributed by atoms with Crippen LogP contribution >= 0.6 is 0 Å². The fourth-order valence-corrected chi connectivity index (χ4v) is 2.79. The van der Waals surface area contributed by atoms with Crippen LogP contribution in [-0.2, 0) is 11.3 Å². The Morgan fingerprint density at radius 3 is 2.94 bits per heavy atom. The lowest BCUT2D eigenvalue weighted by Gasteiger charge is -2.16. The molecule has 0 aliphatic heterocycles. The lowest BCUT2D eigenvalue weighted by Crippen LogP contribution is -2.32. The minimum atomic E-state index is 0.129. The first-order valence-electron chi connectivity index (χ1n) is 5.98. The van der Waals surface area contributed by atoms with Gasteiger partial charge in [-0.3, -0.25) is 4.79 Å². The van der Waals surface area contributed by atoms with Gasteiger partial charge < -0.3 is 5.32 Å². The van der Waals surface area contributed by atoms with Crippen molar-refractivity contribution < 1.29 is 9.42 Å². The van der Waals surface area contributed by atoms with Gasteiger partial charge in [0.1, 0.15) is 11.4 Å². The first kappa shape index (κ1) is 10.5. The molecule has 1 aromatic rings. The molecule has 1 amide bonds. The molecule has 17 heavy (non-hydrogen) atoms. The number of rotatable bonds is 3. The molecule has 5 nitrogen and oxygen atoms in total. The summed E-state index contributed by atoms with van der Waals surface area (Å²) < 4.78 is 4.59. The van der Waals surface area contributed by atoms with E-state index in [-0.39, 0.29) is 11.8 Å². The number of hydrogen-bond donors (Lipinski definition) is 1. The van der Waals surface area contributed by atoms with E-state index in [0.717, 1.165) is 18.5 Å². The van der Waals surface area contributed by atoms with Crippen LogP contribution in [0.3, 0.4) is 0 Å². The van der Waals surface area contributed by atoms with E-state index in [1.165, 1.54) is 0 Å². The van der Waals surface area contributed by atoms with Crippen LogP contribution in [0.4, 0.5) is 0 Å². The molecule has 5 heteroatoms. The highest BCUT2D eigenvalue weighted by molar-refractivity contribution is 5.79. The number of aryl methyl sites for hydroxylation is 1. The number of allylic oxidation sites excluding steroid dienone is 2. The number of carbonyl (C=O) groups is 1. The van der Waals surface area contributed by atoms with E-state index in [0.29, 0.717) is 24.1 Å². The molecule has 3 rings (SSSR count). The third kappa shape index (κ3) is 1.85. The maximum absolute atomic E-state index is 12.0. The van der Waals surface area contributed by atoms with E-state index < -0.39 is 0 Å². The van der Waals surface area contributed by atoms with Crippen molar-refractivity contribution in [3.05, 3.63) is 23.5 Å². The fourth-order valence-electron chi connectivity index (χ4n) is 2.79. The molecule has 1 fully saturated rings. The van der Waals surface area contributed by atoms with Gasteiger partial charge in [0, 0.05) is 5.92 Å². The van der Waals surface area contributed by atoms with Crippen LogP contribution in [0.5, 0.6) is 0 Å². The number of carbonyl (C=O) groups excluding carboxylic acids is 1. The Morgan fingerprint density at radius 2 is 2.35 bits per heavy atom. The number of aromatic nitrogens is 2. The molecule has 0 saturated heterocycles. The SMILES string of the molecule is Cc1nonc1CNC(=O)[C@@H]1C[C@@H]2C=C[C@H]1C2. The van der Waals surface area contributed by atoms with Crippen molar-refractivity contribution in [1.82, 2.24) is 15.6 Å². The molecule has 0 radical (unpaired) electrons. The second-order valence-electron chi connectivity index (χ2n) is 4.90. The lowest BCUT2D eigenvalue weighted by atomic mass is 9.93. The van der Waals surface area contributed by atoms with E-state index in [4.69, 9.17) is 0 Å². The number of nitrogens with one attached hydrogen (secondary N) is 1. The third-order valence-electron chi connectivity index (χ3n) is 3.79. The molecule has 1 N–H and O–H groups in total. The van der Waals surface area contributed by atoms with Gasteiger partial charge >= 0.3 is 0 Å². The molecule has 2 aliphatic carbocycles. The Hall–Kier alpha value is -1.65. The van der Waals surface area contributed by atoms with E-state index in [2.05, 4.69) is 32.4 Å². The number of nitrogens with zero attached hydrogens (tertiary/aromatic N) is 2. The molecule has 1 saturated carbocycles. The zero-order chi connectivity index (χ0) is 11.8. The fraction of sp³-hybridized carbons (Fsp3) is 0.583. The van der Waals surface area contributed by atoms with Gasteiger partial charge in [-0.15, -0.1) is 0 Å². The van der Waals surface area contributed by atoms with Gasteiger partial charge in [0.15, 0.2) is 0 Å². The predicted molar refractivity (Wildman–Crippen MR) is 59.7 cm³/mol. The predicted octanol–water partition coefficient (Wildman–Crippen LogP) is 1.21. The van der Waals surface area contributed by atoms with Crippen molar-refractivity contribution in [3.63, 3.8) is 0 Å². The molecule has 1 heterocycles. The maximum atomic E-state index is 12.0. The molecule has 1 aromatic heterocycles. The number of fused-ring (bicyclic) bond motifs is 2. The van der Waals surface area contributed by atoms with Gasteiger partial charge in [-0.25, -0.2) is 4.63 Å². The highest BCUT2D eigenvalue weighted by Gasteiger charge is 2.39. The van der Waals surface area contributed by atoms with Crippen LogP contribution in [0.2, 0.25) is 0 Å². The average molecular weight is 233 g/mol. The van der Waals surface area contributed by atoms with Crippen LogP contribution in [0.15, 0.2) is 16.8 Å². The first-order chi connectivity index (χ1) is 8.24. The molecule has 0 spiro atoms. The van der Waals surface area contributed by atoms with Gasteiger partial charge in [-0.05, 0) is 31.6 Å². The molecule has 0 aromatic carbocycles. The second kappa shape index (κ2) is 3.98. The van der Waals surface area contributed by atoms with E-state index in [9.17, 15) is 4.79 Å². The number of amides is 1. The van der Waals surface area contributed by atoms with Gasteiger partial charge in [-0.2, -0.15) is 0 Å². The summed E-state index contributed by atoms with van der Waals surface area (Å²) in [7, 11) is 0. The second-order valence-corrected chi connectivity index (χ2v) is 4.90. The molecular formula is C12H15N3O2. The van der Waals surface area contributed by atoms with Crippen LogP contribution in [0.25, 0.3) is 0 Å². The number of hydrogen-bond acceptors (Lipinski definition) is 4. The molecule has 3 atom stereocenters. The van der Waals surface area contributed by atoms with E-state index >= 15 is 0 Å². The van der Waals surface area contributed by atoms with Crippen molar-refractivity contribution in [1.29, 1.82) is 0 Å². The minimum absolute atomic E-state index is 0.129. The highest BCUT2D eigenvalue weighted by atomic mass is 16.6. The van der Waals surface area contributed by atoms with Gasteiger partial charge in [-0.1, -0.05) is 22.5 Å². The molecule has 2 aliphatic rings. The summed E-state index contributed by atoms with van der Waals surface area (Å²) in [6, 6.07) is 0. The third-order valence-corrected chi connectivity index (χ3v) is 3.79. The van der Waals surface area contributed by atoms with Gasteiger partial charge in [0.25, 0.3) is 0 Å². The highest BCUT2D eigenvalue weighted by Crippen LogP contribution is 2.43. The summed E-state index contributed by atoms with van der Waals surface area (Å²) in [6.07, 6.45) is 6.55. The Morgan fingerprint density at radius 1 is 1.47 bits per heavy atom. The van der Waals surface area contributed by atoms with Crippen molar-refractivity contribution in [3.8, 4) is 0 Å². The monoisotopic (exact) mass is 233 g/mol. The smallest absolute Gasteiger partial charge is 0.224 e. The summed E-state index contributed by atoms with van der Waals surface area (Å²) in [6.45, 7) is 2.23. The van der Waals surface area contributed by atoms with E-state index in [1.54, 1.807) is 0 Å². The van der Waals surface area contributed by atoms with E-state index in [1.807, 2.05) is 6.92 Å². The first-order valence-corrected chi connectivity index (χ1v) is 5.98. The van der Waals surface area contributed by atoms with Crippen LogP contribution in [0.1, 0.15) is 24.2 Å². The Balaban J connectivity index is 1.58. The summed E-state index contributed by atoms with van der Waals surface area (Å²) in [4.78, 5) is 12.0. The quantitative estimate of drug-likeness (QED) is 0.797. The normalized spacial score (nSPS) is 29.8. The van der Waals surface area contributed by atoms with Crippen LogP contribution < -0.4 is 5.32 Å². The lowest BCUT2D eigenvalue weighted by molar-refractivity contribution is -0.125. The Labute approximate surface area is 99.2 Å². The Bertz CT molecular complexity index is 466. The van der Waals surface area contributed by atoms with Crippen molar-refractivity contribution in [2.45, 2.75) is 26.3 Å². The summed E-state index contributed by atoms with van der Waals surface area (Å²) in [5.41, 5.74) is 1.44. The summed E-state index contributed by atoms with van der Waals surface area (Å²) >= 11 is 0. The summed E-state index contributed by atoms with van der Waals surface area (Å²) in [5.74, 6) is 1.33. The topological polar surface area (TPSA) is 68.0 Å². The molecule has 0 unspecified atom stereocenters. The van der Waals surface area contributed by atoms with Crippen molar-refractivity contribution in [2.24, 2.45) is 17.8 Å². The van der Waals surface area contributed by atoms with Crippen molar-refractivity contribution >= 4 is 5.91 Å². The minimum Gasteiger partial charge on any atom is -0.350 e. The van der Waals surface area contributed by atoms with Crippen LogP contribution in [0, 0.1) is 24.7 Å². The zero-order valence-electron chi connectivity index (χ0n) is 9.72. The van der Waals surface area contributed by atoms with Crippen molar-refractivity contribution in [2.75, 3.05) is 0 Å². The molecule has 2 bridgehead atoms. The summed E-state index contributed by atoms with van der Waals surface area (Å²) in [5, 5.41) is 10.3. The van der Waals surface area contributed by atoms with Crippen LogP contribution in [-0.4, -0.2) is 16.2 Å². The zero-order valence-corrected chi connectivity index (χ0v) is 9.72. The standard InChI is InChI=1S/C12H15N3O2/c1-7-11(15-17-14-7)6-13-12(16)10-5-8-2-3-9(10)4-8/h2-3,8-10H,4-6H2,1H3,(H,13,16)/t8-,9+,10-/m1/s1. The average Bonchev–Trinajstić information content (AvgIpc) is 3.01. The molecular weight excluding hydrogens is 218 g/mol. The van der Waals surface area contributed by atoms with Gasteiger partial charge in [0.2, 0.25) is 5.91 Å². The largest absolute Gasteiger partial charge is 0.350 e. The molecule has 90 valence electrons. The maximum Gasteiger partial charge on any atom is 0.224 e. The Kier molecular flexibility index (Phi) is 2.46. The van der Waals surface area contributed by atoms with Gasteiger partial charge in [0.05, 0.1) is 6.54 Å².